The fourth-order valence-corrected chi connectivity index (χ4v) is 2.47. The summed E-state index contributed by atoms with van der Waals surface area (Å²) in [4.78, 5) is 12.7. The first kappa shape index (κ1) is 10.4. The summed E-state index contributed by atoms with van der Waals surface area (Å²) in [7, 11) is 0. The van der Waals surface area contributed by atoms with Crippen LogP contribution in [0.4, 0.5) is 0 Å². The molecule has 2 aromatic rings. The van der Waals surface area contributed by atoms with Crippen molar-refractivity contribution < 1.29 is 14.6 Å². The van der Waals surface area contributed by atoms with Crippen LogP contribution in [0.25, 0.3) is 11.2 Å². The molecule has 2 saturated heterocycles. The number of rotatable bonds is 2. The fourth-order valence-electron chi connectivity index (χ4n) is 2.47. The number of aliphatic hydroxyl groups excluding tert-OH is 1. The Morgan fingerprint density at radius 1 is 1.33 bits per heavy atom. The Morgan fingerprint density at radius 2 is 2.22 bits per heavy atom. The second-order valence-corrected chi connectivity index (χ2v) is 4.59. The predicted molar refractivity (Wildman–Crippen MR) is 59.7 cm³/mol. The molecule has 0 aromatic carbocycles. The lowest BCUT2D eigenvalue weighted by molar-refractivity contribution is -0.0823. The number of epoxide rings is 1. The number of imidazole rings is 1. The van der Waals surface area contributed by atoms with Crippen LogP contribution in [-0.2, 0) is 9.47 Å². The quantitative estimate of drug-likeness (QED) is 0.740. The molecule has 18 heavy (non-hydrogen) atoms. The summed E-state index contributed by atoms with van der Waals surface area (Å²) >= 11 is 0. The van der Waals surface area contributed by atoms with Crippen LogP contribution in [0, 0.1) is 6.92 Å². The Balaban J connectivity index is 1.77. The Kier molecular flexibility index (Phi) is 2.00. The van der Waals surface area contributed by atoms with Crippen LogP contribution in [0.15, 0.2) is 12.5 Å². The summed E-state index contributed by atoms with van der Waals surface area (Å²) in [5.41, 5.74) is 1.47. The van der Waals surface area contributed by atoms with Crippen LogP contribution < -0.4 is 0 Å². The maximum atomic E-state index is 9.18. The van der Waals surface area contributed by atoms with E-state index >= 15 is 0 Å². The molecule has 0 spiro atoms. The van der Waals surface area contributed by atoms with Crippen LogP contribution in [0.3, 0.4) is 0 Å². The highest BCUT2D eigenvalue weighted by molar-refractivity contribution is 5.69. The van der Waals surface area contributed by atoms with Crippen molar-refractivity contribution in [3.8, 4) is 0 Å². The molecule has 1 N–H and O–H groups in total. The van der Waals surface area contributed by atoms with Gasteiger partial charge in [-0.1, -0.05) is 0 Å². The third kappa shape index (κ3) is 1.32. The van der Waals surface area contributed by atoms with Crippen molar-refractivity contribution in [1.82, 2.24) is 19.5 Å². The second-order valence-electron chi connectivity index (χ2n) is 4.59. The third-order valence-electron chi connectivity index (χ3n) is 3.41. The summed E-state index contributed by atoms with van der Waals surface area (Å²) in [5, 5.41) is 9.18. The molecule has 0 saturated carbocycles. The Bertz CT molecular complexity index is 613. The Labute approximate surface area is 102 Å². The Morgan fingerprint density at radius 3 is 3.00 bits per heavy atom. The zero-order valence-corrected chi connectivity index (χ0v) is 9.72. The topological polar surface area (TPSA) is 85.6 Å². The van der Waals surface area contributed by atoms with E-state index in [9.17, 15) is 5.11 Å². The summed E-state index contributed by atoms with van der Waals surface area (Å²) in [6, 6.07) is 0. The van der Waals surface area contributed by atoms with Gasteiger partial charge in [-0.25, -0.2) is 15.0 Å². The zero-order valence-electron chi connectivity index (χ0n) is 9.72. The van der Waals surface area contributed by atoms with Gasteiger partial charge in [-0.05, 0) is 6.92 Å². The maximum absolute atomic E-state index is 9.18. The van der Waals surface area contributed by atoms with Gasteiger partial charge in [0.15, 0.2) is 11.9 Å². The number of fused-ring (bicyclic) bond motifs is 2. The molecule has 2 aliphatic rings. The van der Waals surface area contributed by atoms with E-state index in [1.165, 1.54) is 0 Å². The predicted octanol–water partition coefficient (Wildman–Crippen LogP) is -0.208. The Hall–Kier alpha value is -1.57. The number of aryl methyl sites for hydroxylation is 1. The van der Waals surface area contributed by atoms with Crippen molar-refractivity contribution in [2.45, 2.75) is 31.5 Å². The molecule has 94 valence electrons. The molecule has 1 unspecified atom stereocenters. The van der Waals surface area contributed by atoms with Crippen LogP contribution in [0.5, 0.6) is 0 Å². The van der Waals surface area contributed by atoms with Crippen molar-refractivity contribution in [2.24, 2.45) is 0 Å². The van der Waals surface area contributed by atoms with Gasteiger partial charge in [0.25, 0.3) is 0 Å². The summed E-state index contributed by atoms with van der Waals surface area (Å²) in [5.74, 6) is 0.689. The normalized spacial score (nSPS) is 33.9. The maximum Gasteiger partial charge on any atom is 0.166 e. The van der Waals surface area contributed by atoms with Crippen molar-refractivity contribution in [3.63, 3.8) is 0 Å². The monoisotopic (exact) mass is 248 g/mol. The number of aliphatic hydroxyl groups is 1. The third-order valence-corrected chi connectivity index (χ3v) is 3.41. The van der Waals surface area contributed by atoms with Gasteiger partial charge in [0, 0.05) is 0 Å². The number of aromatic nitrogens is 4. The fraction of sp³-hybridized carbons (Fsp3) is 0.545. The van der Waals surface area contributed by atoms with Crippen LogP contribution in [0.2, 0.25) is 0 Å². The van der Waals surface area contributed by atoms with Gasteiger partial charge in [-0.2, -0.15) is 0 Å². The summed E-state index contributed by atoms with van der Waals surface area (Å²) < 4.78 is 13.1. The van der Waals surface area contributed by atoms with Crippen molar-refractivity contribution in [1.29, 1.82) is 0 Å². The van der Waals surface area contributed by atoms with E-state index in [1.807, 2.05) is 11.5 Å². The first-order valence-corrected chi connectivity index (χ1v) is 5.86. The first-order valence-electron chi connectivity index (χ1n) is 5.86. The molecule has 0 aliphatic carbocycles. The van der Waals surface area contributed by atoms with Crippen molar-refractivity contribution in [2.75, 3.05) is 6.61 Å². The van der Waals surface area contributed by atoms with Crippen LogP contribution in [0.1, 0.15) is 12.1 Å². The van der Waals surface area contributed by atoms with Gasteiger partial charge in [0.2, 0.25) is 0 Å². The molecule has 2 aromatic heterocycles. The van der Waals surface area contributed by atoms with Crippen molar-refractivity contribution in [3.05, 3.63) is 18.3 Å². The van der Waals surface area contributed by atoms with E-state index < -0.39 is 0 Å². The average molecular weight is 248 g/mol. The lowest BCUT2D eigenvalue weighted by Gasteiger charge is -2.17. The summed E-state index contributed by atoms with van der Waals surface area (Å²) in [6.07, 6.45) is 2.86. The highest BCUT2D eigenvalue weighted by Gasteiger charge is 2.58. The minimum absolute atomic E-state index is 0.000356. The van der Waals surface area contributed by atoms with E-state index in [2.05, 4.69) is 15.0 Å². The first-order chi connectivity index (χ1) is 8.78. The molecular weight excluding hydrogens is 236 g/mol. The molecule has 4 rings (SSSR count). The largest absolute Gasteiger partial charge is 0.394 e. The van der Waals surface area contributed by atoms with Crippen LogP contribution in [-0.4, -0.2) is 49.5 Å². The van der Waals surface area contributed by atoms with E-state index in [0.717, 1.165) is 11.2 Å². The van der Waals surface area contributed by atoms with Gasteiger partial charge in [0.05, 0.1) is 19.1 Å². The van der Waals surface area contributed by atoms with E-state index in [4.69, 9.17) is 9.47 Å². The minimum Gasteiger partial charge on any atom is -0.394 e. The lowest BCUT2D eigenvalue weighted by atomic mass is 10.2. The average Bonchev–Trinajstić information content (AvgIpc) is 2.92. The molecule has 0 amide bonds. The highest BCUT2D eigenvalue weighted by atomic mass is 16.7. The van der Waals surface area contributed by atoms with Gasteiger partial charge in [-0.15, -0.1) is 0 Å². The van der Waals surface area contributed by atoms with Gasteiger partial charge < -0.3 is 14.6 Å². The molecule has 2 fully saturated rings. The molecule has 0 radical (unpaired) electrons. The van der Waals surface area contributed by atoms with Gasteiger partial charge >= 0.3 is 0 Å². The highest BCUT2D eigenvalue weighted by Crippen LogP contribution is 2.45. The molecular formula is C11H12N4O3. The van der Waals surface area contributed by atoms with Gasteiger partial charge in [-0.3, -0.25) is 4.57 Å². The van der Waals surface area contributed by atoms with E-state index in [-0.39, 0.29) is 31.1 Å². The van der Waals surface area contributed by atoms with E-state index in [0.29, 0.717) is 5.82 Å². The number of nitrogens with zero attached hydrogens (tertiary/aromatic N) is 4. The molecule has 0 bridgehead atoms. The zero-order chi connectivity index (χ0) is 12.3. The molecule has 4 heterocycles. The molecule has 7 nitrogen and oxygen atoms in total. The molecule has 7 heteroatoms. The van der Waals surface area contributed by atoms with E-state index in [1.54, 1.807) is 12.5 Å². The number of ether oxygens (including phenoxy) is 2. The van der Waals surface area contributed by atoms with Gasteiger partial charge in [0.1, 0.15) is 29.7 Å². The number of hydrogen-bond acceptors (Lipinski definition) is 6. The number of hydrogen-bond donors (Lipinski definition) is 1. The second kappa shape index (κ2) is 3.47. The molecule has 2 aliphatic heterocycles. The molecule has 4 atom stereocenters. The SMILES string of the molecule is Cc1ncc2ncn([C@@H]3O[C@H](CO)[C@@H]4OC43)c2n1. The summed E-state index contributed by atoms with van der Waals surface area (Å²) in [6.45, 7) is 1.80. The minimum atomic E-state index is -0.258. The smallest absolute Gasteiger partial charge is 0.166 e. The van der Waals surface area contributed by atoms with Crippen LogP contribution >= 0.6 is 0 Å². The standard InChI is InChI=1S/C11H12N4O3/c1-5-12-2-6-10(14-5)15(4-13-6)11-9-8(18-9)7(3-16)17-11/h2,4,7-9,11,16H,3H2,1H3/t7-,8+,9?,11-/m1/s1. The van der Waals surface area contributed by atoms with Crippen molar-refractivity contribution >= 4 is 11.2 Å². The lowest BCUT2D eigenvalue weighted by Crippen LogP contribution is -2.22.